The summed E-state index contributed by atoms with van der Waals surface area (Å²) in [5.74, 6) is 1.54. The van der Waals surface area contributed by atoms with Crippen LogP contribution in [0.1, 0.15) is 50.2 Å². The van der Waals surface area contributed by atoms with E-state index in [2.05, 4.69) is 25.9 Å². The van der Waals surface area contributed by atoms with Crippen LogP contribution in [0.3, 0.4) is 0 Å². The minimum Gasteiger partial charge on any atom is -0.493 e. The lowest BCUT2D eigenvalue weighted by Gasteiger charge is -2.22. The van der Waals surface area contributed by atoms with Crippen LogP contribution in [0.4, 0.5) is 11.4 Å². The molecule has 4 N–H and O–H groups in total. The number of rotatable bonds is 9. The minimum atomic E-state index is -0.726. The molecule has 45 heavy (non-hydrogen) atoms. The molecule has 3 aromatic carbocycles. The Morgan fingerprint density at radius 2 is 1.76 bits per heavy atom. The first-order chi connectivity index (χ1) is 21.5. The number of anilines is 2. The summed E-state index contributed by atoms with van der Waals surface area (Å²) in [6.45, 7) is 7.15. The molecule has 2 amide bonds. The Kier molecular flexibility index (Phi) is 8.99. The summed E-state index contributed by atoms with van der Waals surface area (Å²) in [6, 6.07) is 11.3. The zero-order chi connectivity index (χ0) is 32.4. The number of H-pyrrole nitrogens is 1. The van der Waals surface area contributed by atoms with Crippen molar-refractivity contribution < 1.29 is 23.8 Å². The molecule has 0 bridgehead atoms. The van der Waals surface area contributed by atoms with Gasteiger partial charge in [0.2, 0.25) is 23.0 Å². The number of aryl methyl sites for hydroxylation is 2. The van der Waals surface area contributed by atoms with Crippen LogP contribution in [-0.2, 0) is 16.0 Å². The molecule has 1 aliphatic rings. The van der Waals surface area contributed by atoms with Crippen molar-refractivity contribution in [3.05, 3.63) is 69.6 Å². The molecule has 0 aliphatic heterocycles. The first-order valence-electron chi connectivity index (χ1n) is 14.9. The van der Waals surface area contributed by atoms with Gasteiger partial charge in [-0.1, -0.05) is 19.9 Å². The van der Waals surface area contributed by atoms with Crippen molar-refractivity contribution in [2.45, 2.75) is 52.6 Å². The summed E-state index contributed by atoms with van der Waals surface area (Å²) in [4.78, 5) is 47.2. The first-order valence-corrected chi connectivity index (χ1v) is 14.9. The van der Waals surface area contributed by atoms with E-state index in [0.29, 0.717) is 46.9 Å². The minimum absolute atomic E-state index is 0.157. The summed E-state index contributed by atoms with van der Waals surface area (Å²) < 4.78 is 17.1. The second-order valence-electron chi connectivity index (χ2n) is 11.5. The highest BCUT2D eigenvalue weighted by Gasteiger charge is 2.30. The number of imidazole rings is 1. The first kappa shape index (κ1) is 31.4. The fourth-order valence-corrected chi connectivity index (χ4v) is 5.96. The Bertz CT molecular complexity index is 1830. The van der Waals surface area contributed by atoms with Gasteiger partial charge in [-0.05, 0) is 78.8 Å². The maximum atomic E-state index is 13.8. The molecule has 11 heteroatoms. The van der Waals surface area contributed by atoms with Crippen molar-refractivity contribution in [3.8, 4) is 28.4 Å². The molecular weight excluding hydrogens is 574 g/mol. The van der Waals surface area contributed by atoms with Gasteiger partial charge in [0, 0.05) is 18.2 Å². The maximum Gasteiger partial charge on any atom is 0.247 e. The van der Waals surface area contributed by atoms with E-state index in [1.165, 1.54) is 13.0 Å². The largest absolute Gasteiger partial charge is 0.493 e. The highest BCUT2D eigenvalue weighted by molar-refractivity contribution is 5.98. The topological polar surface area (TPSA) is 144 Å². The van der Waals surface area contributed by atoms with Crippen LogP contribution in [0.15, 0.2) is 47.3 Å². The molecule has 1 aliphatic carbocycles. The molecule has 5 rings (SSSR count). The Balaban J connectivity index is 1.58. The summed E-state index contributed by atoms with van der Waals surface area (Å²) in [6.07, 6.45) is 1.13. The predicted molar refractivity (Wildman–Crippen MR) is 174 cm³/mol. The lowest BCUT2D eigenvalue weighted by atomic mass is 9.95. The molecule has 0 fully saturated rings. The number of ether oxygens (including phenoxy) is 3. The molecule has 0 spiro atoms. The normalized spacial score (nSPS) is 14.5. The third-order valence-corrected chi connectivity index (χ3v) is 8.04. The van der Waals surface area contributed by atoms with Crippen molar-refractivity contribution in [3.63, 3.8) is 0 Å². The van der Waals surface area contributed by atoms with Gasteiger partial charge in [0.05, 0.1) is 44.1 Å². The summed E-state index contributed by atoms with van der Waals surface area (Å²) in [5.41, 5.74) is 5.20. The van der Waals surface area contributed by atoms with Crippen LogP contribution in [0.2, 0.25) is 0 Å². The molecule has 2 atom stereocenters. The smallest absolute Gasteiger partial charge is 0.247 e. The Labute approximate surface area is 261 Å². The summed E-state index contributed by atoms with van der Waals surface area (Å²) in [7, 11) is 4.66. The molecule has 1 heterocycles. The molecule has 0 saturated heterocycles. The summed E-state index contributed by atoms with van der Waals surface area (Å²) in [5, 5.41) is 9.20. The standard InChI is InChI=1S/C34H39N5O6/c1-17(2)31(34(42)38-21-9-12-25-27(15-21)36-18(3)35-25)39-26-13-10-22-23(16-28(26)41)24(37-19(4)40)11-8-20-14-29(43-5)32(44-6)33(45-7)30(20)22/h9-10,12-17,24,31H,8,11H2,1-7H3,(H,35,36)(H,37,40)(H,38,42)(H,39,41)/t24-,31+/m0/s1. The van der Waals surface area contributed by atoms with Gasteiger partial charge >= 0.3 is 0 Å². The van der Waals surface area contributed by atoms with E-state index in [9.17, 15) is 14.4 Å². The third-order valence-electron chi connectivity index (χ3n) is 8.04. The number of carbonyl (C=O) groups is 2. The number of carbonyl (C=O) groups excluding carboxylic acids is 2. The Morgan fingerprint density at radius 1 is 1.00 bits per heavy atom. The number of amides is 2. The molecule has 11 nitrogen and oxygen atoms in total. The maximum absolute atomic E-state index is 13.8. The molecular formula is C34H39N5O6. The van der Waals surface area contributed by atoms with Crippen molar-refractivity contribution >= 4 is 34.2 Å². The average Bonchev–Trinajstić information content (AvgIpc) is 3.21. The molecule has 1 aromatic heterocycles. The van der Waals surface area contributed by atoms with Gasteiger partial charge in [0.1, 0.15) is 11.9 Å². The average molecular weight is 614 g/mol. The second kappa shape index (κ2) is 12.9. The van der Waals surface area contributed by atoms with E-state index < -0.39 is 12.1 Å². The van der Waals surface area contributed by atoms with E-state index in [1.54, 1.807) is 33.5 Å². The molecule has 0 radical (unpaired) electrons. The number of hydrogen-bond donors (Lipinski definition) is 4. The summed E-state index contributed by atoms with van der Waals surface area (Å²) >= 11 is 0. The van der Waals surface area contributed by atoms with Crippen LogP contribution in [-0.4, -0.2) is 49.2 Å². The quantitative estimate of drug-likeness (QED) is 0.204. The van der Waals surface area contributed by atoms with E-state index >= 15 is 0 Å². The number of methoxy groups -OCH3 is 3. The monoisotopic (exact) mass is 613 g/mol. The zero-order valence-corrected chi connectivity index (χ0v) is 26.6. The van der Waals surface area contributed by atoms with Crippen LogP contribution >= 0.6 is 0 Å². The number of hydrogen-bond acceptors (Lipinski definition) is 8. The highest BCUT2D eigenvalue weighted by Crippen LogP contribution is 2.50. The van der Waals surface area contributed by atoms with Crippen molar-refractivity contribution in [1.29, 1.82) is 0 Å². The molecule has 236 valence electrons. The number of fused-ring (bicyclic) bond motifs is 4. The number of benzene rings is 2. The lowest BCUT2D eigenvalue weighted by Crippen LogP contribution is -2.39. The number of nitrogens with zero attached hydrogens (tertiary/aromatic N) is 1. The van der Waals surface area contributed by atoms with Gasteiger partial charge in [-0.3, -0.25) is 14.4 Å². The number of aromatic amines is 1. The van der Waals surface area contributed by atoms with Crippen molar-refractivity contribution in [1.82, 2.24) is 15.3 Å². The van der Waals surface area contributed by atoms with Crippen LogP contribution in [0, 0.1) is 12.8 Å². The van der Waals surface area contributed by atoms with E-state index in [-0.39, 0.29) is 28.8 Å². The van der Waals surface area contributed by atoms with E-state index in [1.807, 2.05) is 45.0 Å². The van der Waals surface area contributed by atoms with Gasteiger partial charge in [0.15, 0.2) is 11.5 Å². The lowest BCUT2D eigenvalue weighted by molar-refractivity contribution is -0.120. The van der Waals surface area contributed by atoms with Gasteiger partial charge in [-0.15, -0.1) is 0 Å². The van der Waals surface area contributed by atoms with E-state index in [4.69, 9.17) is 14.2 Å². The Morgan fingerprint density at radius 3 is 2.42 bits per heavy atom. The van der Waals surface area contributed by atoms with Gasteiger partial charge < -0.3 is 35.1 Å². The molecule has 4 aromatic rings. The molecule has 0 saturated carbocycles. The van der Waals surface area contributed by atoms with Crippen LogP contribution in [0.25, 0.3) is 22.2 Å². The SMILES string of the molecule is COc1cc2c(c(OC)c1OC)-c1ccc(N[C@@H](C(=O)Nc3ccc4nc(C)[nH]c4c3)C(C)C)c(=O)cc1[C@@H](NC(C)=O)CC2. The van der Waals surface area contributed by atoms with Gasteiger partial charge in [-0.25, -0.2) is 4.98 Å². The van der Waals surface area contributed by atoms with Gasteiger partial charge in [0.25, 0.3) is 0 Å². The van der Waals surface area contributed by atoms with Crippen LogP contribution in [0.5, 0.6) is 17.2 Å². The highest BCUT2D eigenvalue weighted by atomic mass is 16.5. The fourth-order valence-electron chi connectivity index (χ4n) is 5.96. The fraction of sp³-hybridized carbons (Fsp3) is 0.353. The predicted octanol–water partition coefficient (Wildman–Crippen LogP) is 5.12. The molecule has 0 unspecified atom stereocenters. The number of nitrogens with one attached hydrogen (secondary N) is 4. The van der Waals surface area contributed by atoms with E-state index in [0.717, 1.165) is 28.0 Å². The van der Waals surface area contributed by atoms with Gasteiger partial charge in [-0.2, -0.15) is 0 Å². The zero-order valence-electron chi connectivity index (χ0n) is 26.6. The number of aromatic nitrogens is 2. The van der Waals surface area contributed by atoms with Crippen LogP contribution < -0.4 is 35.6 Å². The van der Waals surface area contributed by atoms with Crippen molar-refractivity contribution in [2.24, 2.45) is 5.92 Å². The third kappa shape index (κ3) is 6.29. The Hall–Kier alpha value is -5.06. The second-order valence-corrected chi connectivity index (χ2v) is 11.5. The van der Waals surface area contributed by atoms with Crippen molar-refractivity contribution in [2.75, 3.05) is 32.0 Å².